The Kier molecular flexibility index (Phi) is 4.90. The second-order valence-corrected chi connectivity index (χ2v) is 4.41. The summed E-state index contributed by atoms with van der Waals surface area (Å²) in [6.45, 7) is 4.00. The number of carbonyl (C=O) groups excluding carboxylic acids is 1. The summed E-state index contributed by atoms with van der Waals surface area (Å²) in [6, 6.07) is 3.16. The zero-order valence-electron chi connectivity index (χ0n) is 10.0. The molecule has 94 valence electrons. The van der Waals surface area contributed by atoms with Crippen LogP contribution >= 0.6 is 11.6 Å². The van der Waals surface area contributed by atoms with Crippen LogP contribution in [0.5, 0.6) is 0 Å². The molecule has 0 spiro atoms. The van der Waals surface area contributed by atoms with Gasteiger partial charge in [-0.3, -0.25) is 4.79 Å². The van der Waals surface area contributed by atoms with Crippen molar-refractivity contribution < 1.29 is 9.90 Å². The van der Waals surface area contributed by atoms with Crippen molar-refractivity contribution in [3.63, 3.8) is 0 Å². The third kappa shape index (κ3) is 3.98. The molecule has 1 rings (SSSR count). The molecule has 0 fully saturated rings. The number of nitrogens with zero attached hydrogens (tertiary/aromatic N) is 1. The number of pyridine rings is 1. The topological polar surface area (TPSA) is 62.2 Å². The first-order chi connectivity index (χ1) is 8.00. The fourth-order valence-electron chi connectivity index (χ4n) is 1.35. The van der Waals surface area contributed by atoms with Gasteiger partial charge in [-0.15, -0.1) is 0 Å². The van der Waals surface area contributed by atoms with Crippen LogP contribution in [-0.2, 0) is 0 Å². The minimum absolute atomic E-state index is 0.225. The second-order valence-electron chi connectivity index (χ2n) is 3.98. The van der Waals surface area contributed by atoms with Gasteiger partial charge in [0.2, 0.25) is 0 Å². The van der Waals surface area contributed by atoms with E-state index in [4.69, 9.17) is 11.6 Å². The van der Waals surface area contributed by atoms with Gasteiger partial charge in [-0.2, -0.15) is 0 Å². The molecular formula is C12H17ClN2O2. The van der Waals surface area contributed by atoms with Gasteiger partial charge >= 0.3 is 0 Å². The Morgan fingerprint density at radius 1 is 1.47 bits per heavy atom. The van der Waals surface area contributed by atoms with E-state index < -0.39 is 5.60 Å². The maximum absolute atomic E-state index is 11.7. The van der Waals surface area contributed by atoms with Crippen LogP contribution in [0.2, 0.25) is 5.02 Å². The average Bonchev–Trinajstić information content (AvgIpc) is 2.36. The zero-order chi connectivity index (χ0) is 12.9. The van der Waals surface area contributed by atoms with Crippen molar-refractivity contribution in [2.24, 2.45) is 0 Å². The molecule has 1 aromatic rings. The highest BCUT2D eigenvalue weighted by Crippen LogP contribution is 2.13. The maximum Gasteiger partial charge on any atom is 0.269 e. The van der Waals surface area contributed by atoms with Crippen molar-refractivity contribution in [3.05, 3.63) is 29.0 Å². The highest BCUT2D eigenvalue weighted by atomic mass is 35.5. The smallest absolute Gasteiger partial charge is 0.269 e. The Morgan fingerprint density at radius 2 is 2.12 bits per heavy atom. The fourth-order valence-corrected chi connectivity index (χ4v) is 1.46. The molecule has 0 atom stereocenters. The van der Waals surface area contributed by atoms with Gasteiger partial charge in [0.05, 0.1) is 10.6 Å². The van der Waals surface area contributed by atoms with Crippen LogP contribution in [0.1, 0.15) is 37.2 Å². The lowest BCUT2D eigenvalue weighted by atomic mass is 9.97. The summed E-state index contributed by atoms with van der Waals surface area (Å²) in [5.41, 5.74) is -0.550. The molecule has 2 N–H and O–H groups in total. The van der Waals surface area contributed by atoms with Crippen molar-refractivity contribution in [2.45, 2.75) is 32.3 Å². The lowest BCUT2D eigenvalue weighted by Gasteiger charge is -2.25. The van der Waals surface area contributed by atoms with Crippen LogP contribution in [0.15, 0.2) is 18.3 Å². The van der Waals surface area contributed by atoms with E-state index in [2.05, 4.69) is 10.3 Å². The van der Waals surface area contributed by atoms with E-state index in [1.54, 1.807) is 12.1 Å². The van der Waals surface area contributed by atoms with Gasteiger partial charge in [0, 0.05) is 12.7 Å². The quantitative estimate of drug-likeness (QED) is 0.847. The van der Waals surface area contributed by atoms with Gasteiger partial charge in [-0.25, -0.2) is 4.98 Å². The van der Waals surface area contributed by atoms with E-state index in [1.165, 1.54) is 6.20 Å². The summed E-state index contributed by atoms with van der Waals surface area (Å²) in [4.78, 5) is 15.6. The Hall–Kier alpha value is -1.13. The van der Waals surface area contributed by atoms with Crippen molar-refractivity contribution >= 4 is 17.5 Å². The lowest BCUT2D eigenvalue weighted by Crippen LogP contribution is -2.42. The highest BCUT2D eigenvalue weighted by Gasteiger charge is 2.23. The van der Waals surface area contributed by atoms with Crippen LogP contribution in [0.4, 0.5) is 0 Å². The van der Waals surface area contributed by atoms with E-state index in [0.29, 0.717) is 23.6 Å². The second kappa shape index (κ2) is 5.98. The largest absolute Gasteiger partial charge is 0.388 e. The molecule has 1 heterocycles. The van der Waals surface area contributed by atoms with Crippen LogP contribution in [-0.4, -0.2) is 28.1 Å². The van der Waals surface area contributed by atoms with Crippen molar-refractivity contribution in [2.75, 3.05) is 6.54 Å². The summed E-state index contributed by atoms with van der Waals surface area (Å²) < 4.78 is 0. The van der Waals surface area contributed by atoms with Crippen molar-refractivity contribution in [1.82, 2.24) is 10.3 Å². The van der Waals surface area contributed by atoms with E-state index >= 15 is 0 Å². The number of hydrogen-bond donors (Lipinski definition) is 2. The molecule has 0 saturated heterocycles. The fraction of sp³-hybridized carbons (Fsp3) is 0.500. The number of nitrogens with one attached hydrogen (secondary N) is 1. The normalized spacial score (nSPS) is 11.3. The zero-order valence-corrected chi connectivity index (χ0v) is 10.8. The molecule has 4 nitrogen and oxygen atoms in total. The number of hydrogen-bond acceptors (Lipinski definition) is 3. The predicted octanol–water partition coefficient (Wildman–Crippen LogP) is 2.02. The SMILES string of the molecule is CCC(O)(CC)CNC(=O)c1ccc(Cl)cn1. The minimum atomic E-state index is -0.845. The molecular weight excluding hydrogens is 240 g/mol. The van der Waals surface area contributed by atoms with Crippen LogP contribution in [0.25, 0.3) is 0 Å². The van der Waals surface area contributed by atoms with Crippen LogP contribution < -0.4 is 5.32 Å². The van der Waals surface area contributed by atoms with Crippen molar-refractivity contribution in [1.29, 1.82) is 0 Å². The number of aromatic nitrogens is 1. The van der Waals surface area contributed by atoms with Gasteiger partial charge in [0.1, 0.15) is 5.69 Å². The molecule has 0 aliphatic heterocycles. The molecule has 1 amide bonds. The molecule has 0 unspecified atom stereocenters. The number of halogens is 1. The number of amides is 1. The molecule has 17 heavy (non-hydrogen) atoms. The van der Waals surface area contributed by atoms with E-state index in [-0.39, 0.29) is 12.5 Å². The molecule has 0 radical (unpaired) electrons. The summed E-state index contributed by atoms with van der Waals surface area (Å²) >= 11 is 5.68. The molecule has 0 saturated carbocycles. The Labute approximate surface area is 106 Å². The molecule has 0 aliphatic rings. The molecule has 0 aliphatic carbocycles. The van der Waals surface area contributed by atoms with Gasteiger partial charge < -0.3 is 10.4 Å². The minimum Gasteiger partial charge on any atom is -0.388 e. The standard InChI is InChI=1S/C12H17ClN2O2/c1-3-12(17,4-2)8-15-11(16)10-6-5-9(13)7-14-10/h5-7,17H,3-4,8H2,1-2H3,(H,15,16). The predicted molar refractivity (Wildman–Crippen MR) is 67.1 cm³/mol. The first kappa shape index (κ1) is 13.9. The Bertz CT molecular complexity index is 375. The summed E-state index contributed by atoms with van der Waals surface area (Å²) in [5, 5.41) is 13.2. The molecule has 0 aromatic carbocycles. The number of rotatable bonds is 5. The summed E-state index contributed by atoms with van der Waals surface area (Å²) in [7, 11) is 0. The first-order valence-electron chi connectivity index (χ1n) is 5.63. The third-order valence-corrected chi connectivity index (χ3v) is 3.08. The van der Waals surface area contributed by atoms with Crippen LogP contribution in [0.3, 0.4) is 0 Å². The van der Waals surface area contributed by atoms with E-state index in [1.807, 2.05) is 13.8 Å². The van der Waals surface area contributed by atoms with Gasteiger partial charge in [0.25, 0.3) is 5.91 Å². The van der Waals surface area contributed by atoms with E-state index in [9.17, 15) is 9.90 Å². The van der Waals surface area contributed by atoms with Crippen molar-refractivity contribution in [3.8, 4) is 0 Å². The average molecular weight is 257 g/mol. The monoisotopic (exact) mass is 256 g/mol. The van der Waals surface area contributed by atoms with Gasteiger partial charge in [0.15, 0.2) is 0 Å². The molecule has 0 bridgehead atoms. The number of aliphatic hydroxyl groups is 1. The Balaban J connectivity index is 2.58. The third-order valence-electron chi connectivity index (χ3n) is 2.85. The number of carbonyl (C=O) groups is 1. The Morgan fingerprint density at radius 3 is 2.59 bits per heavy atom. The van der Waals surface area contributed by atoms with E-state index in [0.717, 1.165) is 0 Å². The molecule has 5 heteroatoms. The maximum atomic E-state index is 11.7. The van der Waals surface area contributed by atoms with Gasteiger partial charge in [-0.1, -0.05) is 25.4 Å². The van der Waals surface area contributed by atoms with Gasteiger partial charge in [-0.05, 0) is 25.0 Å². The highest BCUT2D eigenvalue weighted by molar-refractivity contribution is 6.30. The first-order valence-corrected chi connectivity index (χ1v) is 6.00. The molecule has 1 aromatic heterocycles. The summed E-state index contributed by atoms with van der Waals surface area (Å²) in [5.74, 6) is -0.304. The summed E-state index contributed by atoms with van der Waals surface area (Å²) in [6.07, 6.45) is 2.61. The van der Waals surface area contributed by atoms with Crippen LogP contribution in [0, 0.1) is 0 Å². The lowest BCUT2D eigenvalue weighted by molar-refractivity contribution is 0.0313.